The maximum atomic E-state index is 4.68. The van der Waals surface area contributed by atoms with Gasteiger partial charge in [-0.25, -0.2) is 4.98 Å². The Bertz CT molecular complexity index is 483. The van der Waals surface area contributed by atoms with Gasteiger partial charge in [0.05, 0.1) is 21.4 Å². The molecule has 4 heteroatoms. The lowest BCUT2D eigenvalue weighted by Gasteiger charge is -2.27. The summed E-state index contributed by atoms with van der Waals surface area (Å²) in [6, 6.07) is 2.06. The minimum atomic E-state index is 0.714. The third kappa shape index (κ3) is 2.54. The van der Waals surface area contributed by atoms with E-state index < -0.39 is 0 Å². The summed E-state index contributed by atoms with van der Waals surface area (Å²) < 4.78 is 1.26. The molecule has 2 atom stereocenters. The summed E-state index contributed by atoms with van der Waals surface area (Å²) in [4.78, 5) is 8.81. The van der Waals surface area contributed by atoms with Gasteiger partial charge in [0, 0.05) is 12.6 Å². The lowest BCUT2D eigenvalue weighted by atomic mass is 9.86. The Balaban J connectivity index is 1.71. The molecule has 1 fully saturated rings. The van der Waals surface area contributed by atoms with Crippen molar-refractivity contribution in [1.82, 2.24) is 15.3 Å². The predicted octanol–water partition coefficient (Wildman–Crippen LogP) is 2.87. The van der Waals surface area contributed by atoms with E-state index in [0.717, 1.165) is 17.9 Å². The average molecular weight is 261 g/mol. The van der Waals surface area contributed by atoms with Gasteiger partial charge in [-0.2, -0.15) is 0 Å². The topological polar surface area (TPSA) is 37.8 Å². The van der Waals surface area contributed by atoms with Crippen LogP contribution >= 0.6 is 11.3 Å². The lowest BCUT2D eigenvalue weighted by Crippen LogP contribution is -2.33. The molecule has 1 aliphatic rings. The van der Waals surface area contributed by atoms with E-state index in [0.29, 0.717) is 5.92 Å². The zero-order chi connectivity index (χ0) is 12.4. The second-order valence-electron chi connectivity index (χ2n) is 5.24. The van der Waals surface area contributed by atoms with Crippen LogP contribution in [0.5, 0.6) is 0 Å². The Hall–Kier alpha value is -1.00. The Morgan fingerprint density at radius 1 is 1.56 bits per heavy atom. The summed E-state index contributed by atoms with van der Waals surface area (Å²) >= 11 is 1.82. The molecule has 1 saturated heterocycles. The number of piperidine rings is 1. The van der Waals surface area contributed by atoms with Crippen LogP contribution in [0.4, 0.5) is 0 Å². The highest BCUT2D eigenvalue weighted by Crippen LogP contribution is 2.27. The Labute approximate surface area is 112 Å². The Morgan fingerprint density at radius 2 is 2.50 bits per heavy atom. The van der Waals surface area contributed by atoms with Crippen molar-refractivity contribution in [3.63, 3.8) is 0 Å². The molecule has 3 nitrogen and oxygen atoms in total. The van der Waals surface area contributed by atoms with E-state index in [-0.39, 0.29) is 0 Å². The van der Waals surface area contributed by atoms with Crippen molar-refractivity contribution in [2.75, 3.05) is 13.1 Å². The smallest absolute Gasteiger partial charge is 0.0998 e. The number of nitrogens with one attached hydrogen (secondary N) is 1. The van der Waals surface area contributed by atoms with E-state index in [1.165, 1.54) is 35.6 Å². The van der Waals surface area contributed by atoms with E-state index in [2.05, 4.69) is 28.3 Å². The Kier molecular flexibility index (Phi) is 3.57. The lowest BCUT2D eigenvalue weighted by molar-refractivity contribution is 0.279. The first-order chi connectivity index (χ1) is 8.83. The summed E-state index contributed by atoms with van der Waals surface area (Å²) in [5, 5.41) is 4.76. The van der Waals surface area contributed by atoms with Gasteiger partial charge in [0.1, 0.15) is 0 Å². The van der Waals surface area contributed by atoms with Crippen LogP contribution in [0, 0.1) is 11.8 Å². The quantitative estimate of drug-likeness (QED) is 0.923. The standard InChI is InChI=1S/C14H19N3S/c1-10(11-3-2-5-15-8-11)7-14-17-12-9-16-6-4-13(12)18-14/h4,6,9-11,15H,2-3,5,7-8H2,1H3. The predicted molar refractivity (Wildman–Crippen MR) is 75.9 cm³/mol. The molecule has 0 aromatic carbocycles. The van der Waals surface area contributed by atoms with Crippen molar-refractivity contribution in [3.8, 4) is 0 Å². The molecule has 0 saturated carbocycles. The van der Waals surface area contributed by atoms with Gasteiger partial charge in [-0.05, 0) is 43.8 Å². The van der Waals surface area contributed by atoms with Crippen molar-refractivity contribution in [3.05, 3.63) is 23.5 Å². The van der Waals surface area contributed by atoms with Crippen molar-refractivity contribution in [2.45, 2.75) is 26.2 Å². The highest BCUT2D eigenvalue weighted by atomic mass is 32.1. The molecule has 1 N–H and O–H groups in total. The normalized spacial score (nSPS) is 22.2. The van der Waals surface area contributed by atoms with Crippen molar-refractivity contribution < 1.29 is 0 Å². The molecule has 1 aliphatic heterocycles. The first kappa shape index (κ1) is 12.1. The maximum Gasteiger partial charge on any atom is 0.0998 e. The fourth-order valence-corrected chi connectivity index (χ4v) is 3.80. The zero-order valence-electron chi connectivity index (χ0n) is 10.7. The van der Waals surface area contributed by atoms with Crippen LogP contribution in [0.2, 0.25) is 0 Å². The van der Waals surface area contributed by atoms with Gasteiger partial charge in [-0.15, -0.1) is 11.3 Å². The SMILES string of the molecule is CC(Cc1nc2cnccc2s1)C1CCCNC1. The molecule has 2 unspecified atom stereocenters. The molecule has 2 aromatic rings. The van der Waals surface area contributed by atoms with Crippen LogP contribution in [0.25, 0.3) is 10.2 Å². The highest BCUT2D eigenvalue weighted by molar-refractivity contribution is 7.18. The van der Waals surface area contributed by atoms with Gasteiger partial charge in [-0.1, -0.05) is 6.92 Å². The molecule has 0 aliphatic carbocycles. The Morgan fingerprint density at radius 3 is 3.28 bits per heavy atom. The van der Waals surface area contributed by atoms with Crippen LogP contribution in [0.3, 0.4) is 0 Å². The number of hydrogen-bond acceptors (Lipinski definition) is 4. The van der Waals surface area contributed by atoms with Crippen LogP contribution in [-0.4, -0.2) is 23.1 Å². The van der Waals surface area contributed by atoms with Gasteiger partial charge in [0.25, 0.3) is 0 Å². The second kappa shape index (κ2) is 5.33. The van der Waals surface area contributed by atoms with Gasteiger partial charge in [0.15, 0.2) is 0 Å². The van der Waals surface area contributed by atoms with Gasteiger partial charge in [0.2, 0.25) is 0 Å². The van der Waals surface area contributed by atoms with Gasteiger partial charge < -0.3 is 5.32 Å². The zero-order valence-corrected chi connectivity index (χ0v) is 11.5. The fourth-order valence-electron chi connectivity index (χ4n) is 2.72. The molecular weight excluding hydrogens is 242 g/mol. The second-order valence-corrected chi connectivity index (χ2v) is 6.35. The molecule has 3 heterocycles. The first-order valence-corrected chi connectivity index (χ1v) is 7.55. The molecule has 96 valence electrons. The maximum absolute atomic E-state index is 4.68. The molecule has 2 aromatic heterocycles. The molecule has 3 rings (SSSR count). The van der Waals surface area contributed by atoms with Gasteiger partial charge in [-0.3, -0.25) is 4.98 Å². The molecule has 0 spiro atoms. The summed E-state index contributed by atoms with van der Waals surface area (Å²) in [6.45, 7) is 4.73. The average Bonchev–Trinajstić information content (AvgIpc) is 2.82. The van der Waals surface area contributed by atoms with Crippen molar-refractivity contribution in [1.29, 1.82) is 0 Å². The molecule has 0 amide bonds. The summed E-state index contributed by atoms with van der Waals surface area (Å²) in [7, 11) is 0. The molecular formula is C14H19N3S. The highest BCUT2D eigenvalue weighted by Gasteiger charge is 2.21. The number of pyridine rings is 1. The van der Waals surface area contributed by atoms with E-state index >= 15 is 0 Å². The minimum Gasteiger partial charge on any atom is -0.316 e. The van der Waals surface area contributed by atoms with Crippen LogP contribution in [-0.2, 0) is 6.42 Å². The molecule has 0 bridgehead atoms. The van der Waals surface area contributed by atoms with Crippen LogP contribution < -0.4 is 5.32 Å². The number of hydrogen-bond donors (Lipinski definition) is 1. The summed E-state index contributed by atoms with van der Waals surface area (Å²) in [5.74, 6) is 1.52. The van der Waals surface area contributed by atoms with E-state index in [1.54, 1.807) is 0 Å². The number of aromatic nitrogens is 2. The monoisotopic (exact) mass is 261 g/mol. The largest absolute Gasteiger partial charge is 0.316 e. The van der Waals surface area contributed by atoms with E-state index in [9.17, 15) is 0 Å². The van der Waals surface area contributed by atoms with Crippen LogP contribution in [0.1, 0.15) is 24.8 Å². The fraction of sp³-hybridized carbons (Fsp3) is 0.571. The van der Waals surface area contributed by atoms with Crippen molar-refractivity contribution in [2.24, 2.45) is 11.8 Å². The minimum absolute atomic E-state index is 0.714. The van der Waals surface area contributed by atoms with E-state index in [4.69, 9.17) is 0 Å². The molecule has 18 heavy (non-hydrogen) atoms. The number of thiazole rings is 1. The van der Waals surface area contributed by atoms with Gasteiger partial charge >= 0.3 is 0 Å². The number of nitrogens with zero attached hydrogens (tertiary/aromatic N) is 2. The third-order valence-electron chi connectivity index (χ3n) is 3.87. The molecule has 0 radical (unpaired) electrons. The number of rotatable bonds is 3. The summed E-state index contributed by atoms with van der Waals surface area (Å²) in [6.07, 6.45) is 7.49. The first-order valence-electron chi connectivity index (χ1n) is 6.73. The van der Waals surface area contributed by atoms with Crippen LogP contribution in [0.15, 0.2) is 18.5 Å². The van der Waals surface area contributed by atoms with E-state index in [1.807, 2.05) is 23.7 Å². The number of fused-ring (bicyclic) bond motifs is 1. The summed E-state index contributed by atoms with van der Waals surface area (Å²) in [5.41, 5.74) is 1.05. The third-order valence-corrected chi connectivity index (χ3v) is 4.93. The van der Waals surface area contributed by atoms with Crippen molar-refractivity contribution >= 4 is 21.6 Å².